The van der Waals surface area contributed by atoms with Gasteiger partial charge in [0, 0.05) is 17.0 Å². The number of hydrogen-bond donors (Lipinski definition) is 2. The molecule has 0 aliphatic rings. The van der Waals surface area contributed by atoms with Crippen LogP contribution in [-0.2, 0) is 0 Å². The highest BCUT2D eigenvalue weighted by molar-refractivity contribution is 8.13. The molecule has 0 amide bonds. The maximum absolute atomic E-state index is 11.4. The predicted molar refractivity (Wildman–Crippen MR) is 60.7 cm³/mol. The van der Waals surface area contributed by atoms with Crippen LogP contribution in [0.4, 0.5) is 0 Å². The van der Waals surface area contributed by atoms with Crippen molar-refractivity contribution < 1.29 is 4.73 Å². The van der Waals surface area contributed by atoms with Crippen LogP contribution in [-0.4, -0.2) is 5.17 Å². The average molecular weight is 219 g/mol. The van der Waals surface area contributed by atoms with E-state index >= 15 is 0 Å². The molecule has 2 rings (SSSR count). The van der Waals surface area contributed by atoms with Gasteiger partial charge >= 0.3 is 0 Å². The van der Waals surface area contributed by atoms with Crippen molar-refractivity contribution in [3.05, 3.63) is 41.7 Å². The number of benzene rings is 1. The lowest BCUT2D eigenvalue weighted by molar-refractivity contribution is -0.577. The second-order valence-electron chi connectivity index (χ2n) is 2.99. The standard InChI is InChI=1S/C10H9N3OS/c11-10(12)15-9-5-6-13(14)8-4-2-1-3-7(8)9/h1-6H,(H3,11,12). The lowest BCUT2D eigenvalue weighted by atomic mass is 10.2. The molecule has 0 unspecified atom stereocenters. The predicted octanol–water partition coefficient (Wildman–Crippen LogP) is 1.46. The van der Waals surface area contributed by atoms with Crippen molar-refractivity contribution in [2.45, 2.75) is 4.90 Å². The number of nitrogens with two attached hydrogens (primary N) is 1. The summed E-state index contributed by atoms with van der Waals surface area (Å²) in [6, 6.07) is 8.91. The van der Waals surface area contributed by atoms with Crippen LogP contribution in [0.2, 0.25) is 0 Å². The first kappa shape index (κ1) is 9.79. The molecule has 0 saturated carbocycles. The Kier molecular flexibility index (Phi) is 2.47. The first-order valence-electron chi connectivity index (χ1n) is 4.31. The van der Waals surface area contributed by atoms with Crippen LogP contribution in [0.25, 0.3) is 10.9 Å². The quantitative estimate of drug-likeness (QED) is 0.250. The third-order valence-corrected chi connectivity index (χ3v) is 2.78. The van der Waals surface area contributed by atoms with Crippen molar-refractivity contribution in [2.75, 3.05) is 0 Å². The van der Waals surface area contributed by atoms with Gasteiger partial charge in [0.15, 0.2) is 11.4 Å². The minimum atomic E-state index is 0.0174. The van der Waals surface area contributed by atoms with Gasteiger partial charge in [0.1, 0.15) is 0 Å². The molecular formula is C10H9N3OS. The summed E-state index contributed by atoms with van der Waals surface area (Å²) in [6.07, 6.45) is 1.42. The zero-order valence-corrected chi connectivity index (χ0v) is 8.62. The molecule has 0 aliphatic carbocycles. The third-order valence-electron chi connectivity index (χ3n) is 1.99. The van der Waals surface area contributed by atoms with Gasteiger partial charge in [0.25, 0.3) is 0 Å². The Morgan fingerprint density at radius 1 is 1.33 bits per heavy atom. The SMILES string of the molecule is N=C(N)Sc1cc[n+]([O-])c2ccccc12. The van der Waals surface area contributed by atoms with Crippen LogP contribution in [0.1, 0.15) is 0 Å². The summed E-state index contributed by atoms with van der Waals surface area (Å²) in [5.74, 6) is 0. The highest BCUT2D eigenvalue weighted by Crippen LogP contribution is 2.24. The first-order chi connectivity index (χ1) is 7.18. The fraction of sp³-hybridized carbons (Fsp3) is 0. The zero-order valence-electron chi connectivity index (χ0n) is 7.81. The van der Waals surface area contributed by atoms with Crippen LogP contribution in [0.15, 0.2) is 41.4 Å². The molecule has 76 valence electrons. The number of thioether (sulfide) groups is 1. The summed E-state index contributed by atoms with van der Waals surface area (Å²) < 4.78 is 0.805. The molecule has 0 spiro atoms. The molecule has 0 saturated heterocycles. The van der Waals surface area contributed by atoms with E-state index in [4.69, 9.17) is 11.1 Å². The Hall–Kier alpha value is -1.75. The molecule has 1 aromatic carbocycles. The van der Waals surface area contributed by atoms with Gasteiger partial charge in [0.05, 0.1) is 5.39 Å². The van der Waals surface area contributed by atoms with Crippen LogP contribution in [0.3, 0.4) is 0 Å². The van der Waals surface area contributed by atoms with Crippen molar-refractivity contribution in [1.82, 2.24) is 0 Å². The Labute approximate surface area is 90.8 Å². The third kappa shape index (κ3) is 1.87. The van der Waals surface area contributed by atoms with E-state index in [0.29, 0.717) is 5.52 Å². The maximum atomic E-state index is 11.4. The second-order valence-corrected chi connectivity index (χ2v) is 4.07. The average Bonchev–Trinajstić information content (AvgIpc) is 2.22. The molecule has 1 aromatic heterocycles. The molecular weight excluding hydrogens is 210 g/mol. The van der Waals surface area contributed by atoms with Gasteiger partial charge < -0.3 is 10.9 Å². The Balaban J connectivity index is 2.66. The van der Waals surface area contributed by atoms with E-state index in [2.05, 4.69) is 0 Å². The minimum absolute atomic E-state index is 0.0174. The highest BCUT2D eigenvalue weighted by Gasteiger charge is 2.08. The van der Waals surface area contributed by atoms with E-state index in [-0.39, 0.29) is 5.17 Å². The van der Waals surface area contributed by atoms with Gasteiger partial charge in [0.2, 0.25) is 5.52 Å². The summed E-state index contributed by atoms with van der Waals surface area (Å²) in [4.78, 5) is 0.824. The van der Waals surface area contributed by atoms with Gasteiger partial charge in [-0.25, -0.2) is 0 Å². The number of aromatic nitrogens is 1. The monoisotopic (exact) mass is 219 g/mol. The molecule has 0 atom stereocenters. The van der Waals surface area contributed by atoms with E-state index in [1.807, 2.05) is 12.1 Å². The molecule has 4 nitrogen and oxygen atoms in total. The van der Waals surface area contributed by atoms with Crippen molar-refractivity contribution in [1.29, 1.82) is 5.41 Å². The number of fused-ring (bicyclic) bond motifs is 1. The van der Waals surface area contributed by atoms with Gasteiger partial charge in [-0.3, -0.25) is 5.41 Å². The largest absolute Gasteiger partial charge is 0.618 e. The lowest BCUT2D eigenvalue weighted by Gasteiger charge is -2.05. The number of pyridine rings is 1. The van der Waals surface area contributed by atoms with Crippen molar-refractivity contribution in [2.24, 2.45) is 5.73 Å². The summed E-state index contributed by atoms with van der Waals surface area (Å²) in [7, 11) is 0. The molecule has 0 aliphatic heterocycles. The van der Waals surface area contributed by atoms with E-state index in [1.54, 1.807) is 18.2 Å². The van der Waals surface area contributed by atoms with E-state index in [1.165, 1.54) is 6.20 Å². The second kappa shape index (κ2) is 3.78. The van der Waals surface area contributed by atoms with Gasteiger partial charge in [-0.2, -0.15) is 4.73 Å². The van der Waals surface area contributed by atoms with Crippen LogP contribution in [0.5, 0.6) is 0 Å². The molecule has 15 heavy (non-hydrogen) atoms. The van der Waals surface area contributed by atoms with Gasteiger partial charge in [-0.15, -0.1) is 0 Å². The number of rotatable bonds is 1. The lowest BCUT2D eigenvalue weighted by Crippen LogP contribution is -2.26. The Morgan fingerprint density at radius 2 is 2.07 bits per heavy atom. The zero-order chi connectivity index (χ0) is 10.8. The van der Waals surface area contributed by atoms with E-state index in [9.17, 15) is 5.21 Å². The maximum Gasteiger partial charge on any atom is 0.224 e. The van der Waals surface area contributed by atoms with E-state index in [0.717, 1.165) is 26.8 Å². The summed E-state index contributed by atoms with van der Waals surface area (Å²) in [6.45, 7) is 0. The Bertz CT molecular complexity index is 527. The van der Waals surface area contributed by atoms with Crippen LogP contribution >= 0.6 is 11.8 Å². The topological polar surface area (TPSA) is 76.8 Å². The minimum Gasteiger partial charge on any atom is -0.618 e. The van der Waals surface area contributed by atoms with Crippen molar-refractivity contribution >= 4 is 27.8 Å². The van der Waals surface area contributed by atoms with Gasteiger partial charge in [-0.05, 0) is 6.07 Å². The highest BCUT2D eigenvalue weighted by atomic mass is 32.2. The van der Waals surface area contributed by atoms with Crippen molar-refractivity contribution in [3.8, 4) is 0 Å². The molecule has 0 bridgehead atoms. The number of hydrogen-bond acceptors (Lipinski definition) is 3. The van der Waals surface area contributed by atoms with Gasteiger partial charge in [-0.1, -0.05) is 23.9 Å². The number of para-hydroxylation sites is 1. The molecule has 0 radical (unpaired) electrons. The molecule has 1 heterocycles. The van der Waals surface area contributed by atoms with Crippen LogP contribution in [0, 0.1) is 10.6 Å². The van der Waals surface area contributed by atoms with E-state index < -0.39 is 0 Å². The number of nitrogens with zero attached hydrogens (tertiary/aromatic N) is 1. The first-order valence-corrected chi connectivity index (χ1v) is 5.13. The van der Waals surface area contributed by atoms with Crippen LogP contribution < -0.4 is 10.5 Å². The summed E-state index contributed by atoms with van der Waals surface area (Å²) >= 11 is 1.15. The fourth-order valence-electron chi connectivity index (χ4n) is 1.39. The summed E-state index contributed by atoms with van der Waals surface area (Å²) in [5.41, 5.74) is 5.90. The normalized spacial score (nSPS) is 10.4. The smallest absolute Gasteiger partial charge is 0.224 e. The van der Waals surface area contributed by atoms with Crippen molar-refractivity contribution in [3.63, 3.8) is 0 Å². The molecule has 0 fully saturated rings. The Morgan fingerprint density at radius 3 is 2.80 bits per heavy atom. The summed E-state index contributed by atoms with van der Waals surface area (Å²) in [5, 5.41) is 19.5. The number of amidine groups is 1. The fourth-order valence-corrected chi connectivity index (χ4v) is 2.04. The number of nitrogens with one attached hydrogen (secondary N) is 1. The molecule has 5 heteroatoms. The molecule has 3 N–H and O–H groups in total. The molecule has 2 aromatic rings.